The topological polar surface area (TPSA) is 140 Å². The van der Waals surface area contributed by atoms with E-state index in [0.717, 1.165) is 6.07 Å². The molecule has 44 heavy (non-hydrogen) atoms. The van der Waals surface area contributed by atoms with Gasteiger partial charge in [0.15, 0.2) is 5.82 Å². The summed E-state index contributed by atoms with van der Waals surface area (Å²) in [5.74, 6) is -1.14. The molecular weight excluding hydrogens is 595 g/mol. The van der Waals surface area contributed by atoms with E-state index in [1.165, 1.54) is 6.07 Å². The predicted octanol–water partition coefficient (Wildman–Crippen LogP) is 5.40. The van der Waals surface area contributed by atoms with E-state index in [2.05, 4.69) is 30.2 Å². The number of benzene rings is 2. The van der Waals surface area contributed by atoms with E-state index in [-0.39, 0.29) is 54.0 Å². The molecule has 10 nitrogen and oxygen atoms in total. The lowest BCUT2D eigenvalue weighted by molar-refractivity contribution is -0.142. The molecule has 1 aliphatic rings. The van der Waals surface area contributed by atoms with Gasteiger partial charge in [0, 0.05) is 30.9 Å². The Labute approximate surface area is 253 Å². The molecule has 1 atom stereocenters. The molecule has 0 bridgehead atoms. The highest BCUT2D eigenvalue weighted by Gasteiger charge is 2.37. The second-order valence-corrected chi connectivity index (χ2v) is 11.1. The zero-order chi connectivity index (χ0) is 31.2. The van der Waals surface area contributed by atoms with E-state index in [0.29, 0.717) is 27.3 Å². The van der Waals surface area contributed by atoms with Crippen molar-refractivity contribution >= 4 is 56.4 Å². The van der Waals surface area contributed by atoms with Gasteiger partial charge in [-0.15, -0.1) is 0 Å². The molecule has 1 saturated heterocycles. The zero-order valence-electron chi connectivity index (χ0n) is 23.3. The van der Waals surface area contributed by atoms with Gasteiger partial charge in [0.2, 0.25) is 0 Å². The van der Waals surface area contributed by atoms with E-state index >= 15 is 0 Å². The molecule has 1 fully saturated rings. The van der Waals surface area contributed by atoms with Crippen molar-refractivity contribution in [3.05, 3.63) is 76.6 Å². The minimum Gasteiger partial charge on any atom is -0.481 e. The molecular formula is C30H26F3N7O3S. The van der Waals surface area contributed by atoms with Crippen LogP contribution in [0, 0.1) is 5.92 Å². The number of para-hydroxylation sites is 1. The second-order valence-electron chi connectivity index (χ2n) is 10.6. The van der Waals surface area contributed by atoms with Crippen LogP contribution in [0.25, 0.3) is 33.3 Å². The lowest BCUT2D eigenvalue weighted by Gasteiger charge is -2.33. The van der Waals surface area contributed by atoms with Gasteiger partial charge < -0.3 is 25.3 Å². The summed E-state index contributed by atoms with van der Waals surface area (Å²) < 4.78 is 42.9. The molecule has 5 aromatic rings. The number of pyridine rings is 1. The van der Waals surface area contributed by atoms with E-state index in [1.54, 1.807) is 54.5 Å². The number of anilines is 2. The average molecular weight is 622 g/mol. The third kappa shape index (κ3) is 5.48. The minimum atomic E-state index is -4.68. The van der Waals surface area contributed by atoms with Gasteiger partial charge >= 0.3 is 12.1 Å². The van der Waals surface area contributed by atoms with Crippen molar-refractivity contribution in [2.24, 2.45) is 5.92 Å². The monoisotopic (exact) mass is 621 g/mol. The van der Waals surface area contributed by atoms with Crippen molar-refractivity contribution in [1.82, 2.24) is 24.9 Å². The number of piperidine rings is 1. The first kappa shape index (κ1) is 29.2. The van der Waals surface area contributed by atoms with Gasteiger partial charge in [0.25, 0.3) is 5.56 Å². The van der Waals surface area contributed by atoms with E-state index < -0.39 is 35.2 Å². The number of carboxylic acids is 1. The number of H-pyrrole nitrogens is 2. The van der Waals surface area contributed by atoms with Crippen LogP contribution < -0.4 is 15.8 Å². The van der Waals surface area contributed by atoms with Crippen molar-refractivity contribution in [1.29, 1.82) is 0 Å². The number of fused-ring (bicyclic) bond motifs is 2. The Morgan fingerprint density at radius 1 is 1.09 bits per heavy atom. The van der Waals surface area contributed by atoms with Gasteiger partial charge in [-0.25, -0.2) is 15.0 Å². The van der Waals surface area contributed by atoms with Crippen LogP contribution in [0.15, 0.2) is 59.7 Å². The number of nitrogens with one attached hydrogen (secondary N) is 3. The molecule has 2 aromatic carbocycles. The first-order chi connectivity index (χ1) is 21.0. The Kier molecular flexibility index (Phi) is 7.53. The molecule has 0 aliphatic carbocycles. The fourth-order valence-corrected chi connectivity index (χ4v) is 5.71. The number of aromatic nitrogens is 5. The highest BCUT2D eigenvalue weighted by molar-refractivity contribution is 7.81. The molecule has 6 rings (SSSR count). The van der Waals surface area contributed by atoms with Crippen LogP contribution in [0.2, 0.25) is 0 Å². The molecule has 0 unspecified atom stereocenters. The Bertz CT molecular complexity index is 1950. The number of thiocarbonyl (C=S) groups is 1. The quantitative estimate of drug-likeness (QED) is 0.139. The third-order valence-electron chi connectivity index (χ3n) is 7.79. The first-order valence-electron chi connectivity index (χ1n) is 13.8. The molecule has 1 aliphatic heterocycles. The minimum absolute atomic E-state index is 0.0680. The van der Waals surface area contributed by atoms with E-state index in [9.17, 15) is 27.9 Å². The number of carbonyl (C=O) groups is 1. The molecule has 0 radical (unpaired) electrons. The summed E-state index contributed by atoms with van der Waals surface area (Å²) in [6.07, 6.45) is -1.09. The number of imidazole rings is 1. The highest BCUT2D eigenvalue weighted by Crippen LogP contribution is 2.41. The van der Waals surface area contributed by atoms with Crippen LogP contribution in [0.3, 0.4) is 0 Å². The maximum atomic E-state index is 14.3. The zero-order valence-corrected chi connectivity index (χ0v) is 24.1. The fraction of sp³-hybridized carbons (Fsp3) is 0.267. The maximum Gasteiger partial charge on any atom is 0.418 e. The van der Waals surface area contributed by atoms with Gasteiger partial charge in [0.1, 0.15) is 11.4 Å². The number of rotatable bonds is 7. The molecule has 0 spiro atoms. The number of aliphatic carboxylic acids is 1. The Morgan fingerprint density at radius 2 is 1.80 bits per heavy atom. The van der Waals surface area contributed by atoms with Crippen molar-refractivity contribution in [3.8, 4) is 11.4 Å². The summed E-state index contributed by atoms with van der Waals surface area (Å²) in [5.41, 5.74) is -0.116. The number of alkyl halides is 3. The lowest BCUT2D eigenvalue weighted by atomic mass is 9.96. The number of halogens is 3. The van der Waals surface area contributed by atoms with Crippen molar-refractivity contribution < 1.29 is 23.1 Å². The molecule has 226 valence electrons. The van der Waals surface area contributed by atoms with E-state index in [1.807, 2.05) is 0 Å². The van der Waals surface area contributed by atoms with Crippen LogP contribution in [-0.2, 0) is 11.0 Å². The van der Waals surface area contributed by atoms with Gasteiger partial charge in [0.05, 0.1) is 50.3 Å². The molecule has 14 heteroatoms. The third-order valence-corrected chi connectivity index (χ3v) is 8.32. The Balaban J connectivity index is 1.46. The molecule has 0 amide bonds. The summed E-state index contributed by atoms with van der Waals surface area (Å²) >= 11 is 5.62. The number of carboxylic acid groups (broad SMARTS) is 1. The first-order valence-corrected chi connectivity index (χ1v) is 14.2. The van der Waals surface area contributed by atoms with Crippen LogP contribution in [0.4, 0.5) is 24.5 Å². The van der Waals surface area contributed by atoms with Gasteiger partial charge in [-0.3, -0.25) is 9.59 Å². The molecule has 4 N–H and O–H groups in total. The molecule has 3 aromatic heterocycles. The van der Waals surface area contributed by atoms with Gasteiger partial charge in [-0.05, 0) is 44.0 Å². The Hall–Kier alpha value is -4.85. The maximum absolute atomic E-state index is 14.3. The summed E-state index contributed by atoms with van der Waals surface area (Å²) in [4.78, 5) is 45.6. The van der Waals surface area contributed by atoms with Crippen molar-refractivity contribution in [3.63, 3.8) is 0 Å². The SMILES string of the molecule is C[C@H](Nc1c(-c2nc3cc(N4CCC(C(=O)O)CC4)c(C(F)(F)F)cc3[nH]2)c(=O)[nH]c2ccccc12)C(=S)c1ncccn1. The number of aromatic amines is 2. The number of hydrogen-bond donors (Lipinski definition) is 4. The van der Waals surface area contributed by atoms with Gasteiger partial charge in [-0.1, -0.05) is 30.4 Å². The summed E-state index contributed by atoms with van der Waals surface area (Å²) in [5, 5.41) is 13.3. The number of nitrogens with zero attached hydrogens (tertiary/aromatic N) is 4. The van der Waals surface area contributed by atoms with Crippen LogP contribution in [0.1, 0.15) is 31.2 Å². The van der Waals surface area contributed by atoms with E-state index in [4.69, 9.17) is 12.2 Å². The average Bonchev–Trinajstić information content (AvgIpc) is 3.42. The largest absolute Gasteiger partial charge is 0.481 e. The second kappa shape index (κ2) is 11.3. The van der Waals surface area contributed by atoms with Gasteiger partial charge in [-0.2, -0.15) is 13.2 Å². The van der Waals surface area contributed by atoms with Crippen molar-refractivity contribution in [2.75, 3.05) is 23.3 Å². The van der Waals surface area contributed by atoms with Crippen LogP contribution in [0.5, 0.6) is 0 Å². The summed E-state index contributed by atoms with van der Waals surface area (Å²) in [6.45, 7) is 2.11. The Morgan fingerprint density at radius 3 is 2.48 bits per heavy atom. The molecule has 0 saturated carbocycles. The van der Waals surface area contributed by atoms with Crippen LogP contribution >= 0.6 is 12.2 Å². The normalized spacial score (nSPS) is 15.0. The highest BCUT2D eigenvalue weighted by atomic mass is 32.1. The standard InChI is InChI=1S/C30H26F3N7O3S/c1-15(25(44)27-34-9-4-10-35-27)36-24-17-5-2-3-6-19(17)39-28(41)23(24)26-37-20-13-18(30(31,32)33)22(14-21(20)38-26)40-11-7-16(8-12-40)29(42)43/h2-6,9-10,13-16H,7-8,11-12H2,1H3,(H,37,38)(H,42,43)(H2,36,39,41)/t15-/m0/s1. The predicted molar refractivity (Wildman–Crippen MR) is 164 cm³/mol. The smallest absolute Gasteiger partial charge is 0.418 e. The summed E-state index contributed by atoms with van der Waals surface area (Å²) in [7, 11) is 0. The molecule has 4 heterocycles. The lowest BCUT2D eigenvalue weighted by Crippen LogP contribution is -2.37. The van der Waals surface area contributed by atoms with Crippen LogP contribution in [-0.4, -0.2) is 60.0 Å². The summed E-state index contributed by atoms with van der Waals surface area (Å²) in [6, 6.07) is 10.6. The fourth-order valence-electron chi connectivity index (χ4n) is 5.54. The van der Waals surface area contributed by atoms with Crippen molar-refractivity contribution in [2.45, 2.75) is 32.0 Å². The number of hydrogen-bond acceptors (Lipinski definition) is 8.